The van der Waals surface area contributed by atoms with Crippen LogP contribution < -0.4 is 27.4 Å². The van der Waals surface area contributed by atoms with Gasteiger partial charge >= 0.3 is 12.1 Å². The van der Waals surface area contributed by atoms with Crippen molar-refractivity contribution in [2.75, 3.05) is 18.9 Å². The fraction of sp³-hybridized carbons (Fsp3) is 0.583. The van der Waals surface area contributed by atoms with Gasteiger partial charge in [0.15, 0.2) is 0 Å². The summed E-state index contributed by atoms with van der Waals surface area (Å²) in [6.45, 7) is 9.51. The summed E-state index contributed by atoms with van der Waals surface area (Å²) in [4.78, 5) is 43.8. The van der Waals surface area contributed by atoms with E-state index in [2.05, 4.69) is 21.7 Å². The minimum absolute atomic E-state index is 0.0128. The Kier molecular flexibility index (Phi) is 18.6. The maximum Gasteiger partial charge on any atom is 0.408 e. The van der Waals surface area contributed by atoms with Crippen molar-refractivity contribution in [1.29, 1.82) is 0 Å². The van der Waals surface area contributed by atoms with Gasteiger partial charge in [-0.25, -0.2) is 9.59 Å². The molecule has 11 nitrogen and oxygen atoms in total. The zero-order valence-electron chi connectivity index (χ0n) is 21.7. The Hall–Kier alpha value is -3.18. The van der Waals surface area contributed by atoms with Gasteiger partial charge in [0.1, 0.15) is 11.9 Å². The minimum Gasteiger partial charge on any atom is -0.444 e. The normalized spacial score (nSPS) is 11.0. The molecule has 0 spiro atoms. The third-order valence-electron chi connectivity index (χ3n) is 4.10. The van der Waals surface area contributed by atoms with Crippen LogP contribution in [-0.4, -0.2) is 54.7 Å². The zero-order chi connectivity index (χ0) is 27.4. The molecule has 0 aliphatic heterocycles. The van der Waals surface area contributed by atoms with Crippen molar-refractivity contribution in [3.05, 3.63) is 29.8 Å². The number of anilines is 1. The summed E-state index contributed by atoms with van der Waals surface area (Å²) in [5.41, 5.74) is 10.4. The summed E-state index contributed by atoms with van der Waals surface area (Å²) in [6.07, 6.45) is 1.94. The van der Waals surface area contributed by atoms with Crippen LogP contribution in [0.15, 0.2) is 24.3 Å². The van der Waals surface area contributed by atoms with E-state index in [4.69, 9.17) is 15.6 Å². The highest BCUT2D eigenvalue weighted by Crippen LogP contribution is 2.10. The molecule has 0 aromatic heterocycles. The topological polar surface area (TPSA) is 186 Å². The van der Waals surface area contributed by atoms with Crippen LogP contribution in [0.4, 0.5) is 15.3 Å². The van der Waals surface area contributed by atoms with E-state index in [0.29, 0.717) is 37.8 Å². The van der Waals surface area contributed by atoms with Gasteiger partial charge in [0.2, 0.25) is 5.91 Å². The van der Waals surface area contributed by atoms with Crippen molar-refractivity contribution < 1.29 is 29.0 Å². The molecule has 1 aromatic rings. The van der Waals surface area contributed by atoms with E-state index in [1.54, 1.807) is 45.0 Å². The highest BCUT2D eigenvalue weighted by molar-refractivity contribution is 5.90. The lowest BCUT2D eigenvalue weighted by molar-refractivity contribution is -0.116. The maximum absolute atomic E-state index is 11.6. The maximum atomic E-state index is 11.6. The van der Waals surface area contributed by atoms with Crippen LogP contribution >= 0.6 is 0 Å². The van der Waals surface area contributed by atoms with Crippen molar-refractivity contribution in [2.24, 2.45) is 17.4 Å². The predicted octanol–water partition coefficient (Wildman–Crippen LogP) is 2.27. The number of nitrogens with two attached hydrogens (primary N) is 2. The van der Waals surface area contributed by atoms with Gasteiger partial charge in [-0.2, -0.15) is 0 Å². The molecule has 8 N–H and O–H groups in total. The van der Waals surface area contributed by atoms with E-state index in [0.717, 1.165) is 5.56 Å². The molecule has 11 heteroatoms. The van der Waals surface area contributed by atoms with Crippen LogP contribution in [0.2, 0.25) is 0 Å². The monoisotopic (exact) mass is 497 g/mol. The molecule has 0 fully saturated rings. The van der Waals surface area contributed by atoms with Crippen molar-refractivity contribution in [3.63, 3.8) is 0 Å². The number of aliphatic hydroxyl groups is 1. The highest BCUT2D eigenvalue weighted by atomic mass is 16.6. The largest absolute Gasteiger partial charge is 0.444 e. The molecule has 0 bridgehead atoms. The first kappa shape index (κ1) is 34.0. The second-order valence-corrected chi connectivity index (χ2v) is 8.70. The number of amides is 4. The molecule has 1 unspecified atom stereocenters. The summed E-state index contributed by atoms with van der Waals surface area (Å²) in [5, 5.41) is 16.6. The smallest absolute Gasteiger partial charge is 0.408 e. The summed E-state index contributed by atoms with van der Waals surface area (Å²) in [5.74, 6) is -0.00385. The predicted molar refractivity (Wildman–Crippen MR) is 137 cm³/mol. The Balaban J connectivity index is 0. The number of primary amides is 1. The number of nitrogens with one attached hydrogen (secondary N) is 3. The number of benzene rings is 1. The number of unbranched alkanes of at least 4 members (excludes halogenated alkanes) is 1. The molecule has 200 valence electrons. The van der Waals surface area contributed by atoms with Gasteiger partial charge in [-0.1, -0.05) is 26.0 Å². The Bertz CT molecular complexity index is 748. The van der Waals surface area contributed by atoms with E-state index in [1.165, 1.54) is 7.05 Å². The number of carbonyl (C=O) groups is 4. The van der Waals surface area contributed by atoms with Crippen LogP contribution in [0.1, 0.15) is 59.4 Å². The molecule has 35 heavy (non-hydrogen) atoms. The van der Waals surface area contributed by atoms with Gasteiger partial charge < -0.3 is 42.1 Å². The first-order valence-electron chi connectivity index (χ1n) is 11.4. The number of ether oxygens (including phenoxy) is 1. The van der Waals surface area contributed by atoms with Gasteiger partial charge in [-0.05, 0) is 64.3 Å². The lowest BCUT2D eigenvalue weighted by atomic mass is 10.1. The number of aliphatic hydroxyl groups excluding tert-OH is 1. The summed E-state index contributed by atoms with van der Waals surface area (Å²) in [6, 6.07) is 5.98. The number of carbonyl (C=O) groups excluding carboxylic acids is 4. The zero-order valence-corrected chi connectivity index (χ0v) is 21.7. The number of rotatable bonds is 10. The van der Waals surface area contributed by atoms with Gasteiger partial charge in [-0.15, -0.1) is 0 Å². The van der Waals surface area contributed by atoms with Crippen molar-refractivity contribution >= 4 is 30.0 Å². The Morgan fingerprint density at radius 1 is 1.09 bits per heavy atom. The quantitative estimate of drug-likeness (QED) is 0.211. The lowest BCUT2D eigenvalue weighted by Crippen LogP contribution is -2.42. The van der Waals surface area contributed by atoms with E-state index >= 15 is 0 Å². The molecule has 0 aliphatic rings. The third-order valence-corrected chi connectivity index (χ3v) is 4.10. The van der Waals surface area contributed by atoms with Crippen LogP contribution in [0.25, 0.3) is 0 Å². The summed E-state index contributed by atoms with van der Waals surface area (Å²) in [7, 11) is 1.50. The van der Waals surface area contributed by atoms with Crippen LogP contribution in [0.5, 0.6) is 0 Å². The van der Waals surface area contributed by atoms with Crippen molar-refractivity contribution in [1.82, 2.24) is 10.6 Å². The van der Waals surface area contributed by atoms with Crippen molar-refractivity contribution in [3.8, 4) is 0 Å². The highest BCUT2D eigenvalue weighted by Gasteiger charge is 2.20. The number of alkyl carbamates (subject to hydrolysis) is 1. The fourth-order valence-electron chi connectivity index (χ4n) is 2.34. The average Bonchev–Trinajstić information content (AvgIpc) is 2.78. The number of hydrogen-bond acceptors (Lipinski definition) is 7. The van der Waals surface area contributed by atoms with Crippen LogP contribution in [0, 0.1) is 5.92 Å². The molecule has 1 aromatic carbocycles. The first-order chi connectivity index (χ1) is 16.4. The molecule has 1 atom stereocenters. The number of hydrogen-bond donors (Lipinski definition) is 6. The van der Waals surface area contributed by atoms with Crippen LogP contribution in [0.3, 0.4) is 0 Å². The molecule has 0 aliphatic carbocycles. The SMILES string of the molecule is CC(C)C(C=O)NC(=O)OC(C)(C)C.CN.NC(=O)NCCCCC(=O)Nc1ccc(CO)cc1. The van der Waals surface area contributed by atoms with Gasteiger partial charge in [0.05, 0.1) is 12.6 Å². The van der Waals surface area contributed by atoms with E-state index < -0.39 is 23.8 Å². The molecule has 4 amide bonds. The molecule has 0 heterocycles. The number of urea groups is 1. The van der Waals surface area contributed by atoms with Gasteiger partial charge in [-0.3, -0.25) is 4.79 Å². The first-order valence-corrected chi connectivity index (χ1v) is 11.4. The molecule has 0 saturated heterocycles. The van der Waals surface area contributed by atoms with E-state index in [9.17, 15) is 19.2 Å². The Morgan fingerprint density at radius 3 is 2.09 bits per heavy atom. The lowest BCUT2D eigenvalue weighted by Gasteiger charge is -2.22. The van der Waals surface area contributed by atoms with Gasteiger partial charge in [0.25, 0.3) is 0 Å². The Labute approximate surface area is 208 Å². The third kappa shape index (κ3) is 20.0. The second-order valence-electron chi connectivity index (χ2n) is 8.70. The van der Waals surface area contributed by atoms with Crippen LogP contribution in [-0.2, 0) is 20.9 Å². The average molecular weight is 498 g/mol. The molecular weight excluding hydrogens is 454 g/mol. The van der Waals surface area contributed by atoms with Gasteiger partial charge in [0, 0.05) is 18.7 Å². The number of aldehydes is 1. The molecule has 0 saturated carbocycles. The molecule has 1 rings (SSSR count). The minimum atomic E-state index is -0.553. The summed E-state index contributed by atoms with van der Waals surface area (Å²) >= 11 is 0. The second kappa shape index (κ2) is 19.2. The fourth-order valence-corrected chi connectivity index (χ4v) is 2.34. The Morgan fingerprint density at radius 2 is 1.66 bits per heavy atom. The molecular formula is C24H43N5O6. The standard InChI is InChI=1S/C13H19N3O3.C10H19NO3.CH5N/c14-13(19)15-8-2-1-3-12(18)16-11-6-4-10(9-17)5-7-11;1-7(2)8(6-12)11-9(13)14-10(3,4)5;1-2/h4-7,17H,1-3,8-9H2,(H,16,18)(H3,14,15,19);6-8H,1-5H3,(H,11,13);2H2,1H3. The molecule has 0 radical (unpaired) electrons. The van der Waals surface area contributed by atoms with E-state index in [-0.39, 0.29) is 18.4 Å². The summed E-state index contributed by atoms with van der Waals surface area (Å²) < 4.78 is 5.01. The van der Waals surface area contributed by atoms with Crippen molar-refractivity contribution in [2.45, 2.75) is 72.1 Å². The van der Waals surface area contributed by atoms with E-state index in [1.807, 2.05) is 13.8 Å².